The lowest BCUT2D eigenvalue weighted by atomic mass is 10.1. The van der Waals surface area contributed by atoms with E-state index >= 15 is 0 Å². The predicted molar refractivity (Wildman–Crippen MR) is 89.6 cm³/mol. The van der Waals surface area contributed by atoms with Gasteiger partial charge in [-0.05, 0) is 6.42 Å². The smallest absolute Gasteiger partial charge is 0.220 e. The zero-order valence-electron chi connectivity index (χ0n) is 14.2. The SMILES string of the molecule is CCCCCCCCCCCC(=O)NCCNCCOC. The molecular weight excluding hydrogens is 264 g/mol. The molecule has 0 saturated carbocycles. The molecule has 0 aliphatic heterocycles. The van der Waals surface area contributed by atoms with E-state index in [4.69, 9.17) is 4.74 Å². The second-order valence-corrected chi connectivity index (χ2v) is 5.67. The lowest BCUT2D eigenvalue weighted by Crippen LogP contribution is -2.32. The van der Waals surface area contributed by atoms with Gasteiger partial charge in [-0.1, -0.05) is 58.3 Å². The number of hydrogen-bond acceptors (Lipinski definition) is 3. The molecular formula is C17H36N2O2. The molecule has 0 rings (SSSR count). The topological polar surface area (TPSA) is 50.4 Å². The van der Waals surface area contributed by atoms with Crippen molar-refractivity contribution < 1.29 is 9.53 Å². The summed E-state index contributed by atoms with van der Waals surface area (Å²) in [6.45, 7) is 5.32. The van der Waals surface area contributed by atoms with E-state index in [1.54, 1.807) is 7.11 Å². The average molecular weight is 300 g/mol. The highest BCUT2D eigenvalue weighted by Crippen LogP contribution is 2.10. The monoisotopic (exact) mass is 300 g/mol. The van der Waals surface area contributed by atoms with E-state index in [9.17, 15) is 4.79 Å². The number of amides is 1. The third-order valence-corrected chi connectivity index (χ3v) is 3.61. The standard InChI is InChI=1S/C17H36N2O2/c1-3-4-5-6-7-8-9-10-11-12-17(20)19-14-13-18-15-16-21-2/h18H,3-16H2,1-2H3,(H,19,20). The van der Waals surface area contributed by atoms with Gasteiger partial charge in [0.1, 0.15) is 0 Å². The number of nitrogens with one attached hydrogen (secondary N) is 2. The average Bonchev–Trinajstić information content (AvgIpc) is 2.49. The first-order valence-electron chi connectivity index (χ1n) is 8.77. The fourth-order valence-corrected chi connectivity index (χ4v) is 2.27. The Morgan fingerprint density at radius 3 is 2.10 bits per heavy atom. The molecule has 4 nitrogen and oxygen atoms in total. The van der Waals surface area contributed by atoms with Crippen molar-refractivity contribution in [2.45, 2.75) is 71.1 Å². The zero-order chi connectivity index (χ0) is 15.6. The fraction of sp³-hybridized carbons (Fsp3) is 0.941. The van der Waals surface area contributed by atoms with E-state index in [-0.39, 0.29) is 5.91 Å². The van der Waals surface area contributed by atoms with E-state index < -0.39 is 0 Å². The summed E-state index contributed by atoms with van der Waals surface area (Å²) in [6.07, 6.45) is 12.3. The van der Waals surface area contributed by atoms with Crippen LogP contribution in [0.2, 0.25) is 0 Å². The van der Waals surface area contributed by atoms with E-state index in [1.165, 1.54) is 51.4 Å². The van der Waals surface area contributed by atoms with Crippen molar-refractivity contribution in [3.8, 4) is 0 Å². The minimum atomic E-state index is 0.187. The van der Waals surface area contributed by atoms with Crippen molar-refractivity contribution in [1.29, 1.82) is 0 Å². The summed E-state index contributed by atoms with van der Waals surface area (Å²) in [7, 11) is 1.69. The molecule has 2 N–H and O–H groups in total. The van der Waals surface area contributed by atoms with Gasteiger partial charge in [0, 0.05) is 33.2 Å². The van der Waals surface area contributed by atoms with E-state index in [0.717, 1.165) is 19.5 Å². The third kappa shape index (κ3) is 17.3. The van der Waals surface area contributed by atoms with Crippen LogP contribution in [-0.2, 0) is 9.53 Å². The molecule has 0 bridgehead atoms. The van der Waals surface area contributed by atoms with E-state index in [1.807, 2.05) is 0 Å². The highest BCUT2D eigenvalue weighted by molar-refractivity contribution is 5.75. The molecule has 126 valence electrons. The number of methoxy groups -OCH3 is 1. The molecule has 0 unspecified atom stereocenters. The van der Waals surface area contributed by atoms with Crippen molar-refractivity contribution >= 4 is 5.91 Å². The van der Waals surface area contributed by atoms with Crippen LogP contribution in [0.15, 0.2) is 0 Å². The quantitative estimate of drug-likeness (QED) is 0.430. The molecule has 0 atom stereocenters. The maximum atomic E-state index is 11.6. The van der Waals surface area contributed by atoms with Crippen molar-refractivity contribution in [3.05, 3.63) is 0 Å². The zero-order valence-corrected chi connectivity index (χ0v) is 14.2. The van der Waals surface area contributed by atoms with Gasteiger partial charge in [-0.15, -0.1) is 0 Å². The van der Waals surface area contributed by atoms with Gasteiger partial charge in [0.25, 0.3) is 0 Å². The van der Waals surface area contributed by atoms with Crippen LogP contribution >= 0.6 is 0 Å². The van der Waals surface area contributed by atoms with Gasteiger partial charge in [-0.3, -0.25) is 4.79 Å². The minimum absolute atomic E-state index is 0.187. The number of carbonyl (C=O) groups excluding carboxylic acids is 1. The molecule has 0 spiro atoms. The molecule has 0 saturated heterocycles. The maximum Gasteiger partial charge on any atom is 0.220 e. The van der Waals surface area contributed by atoms with Crippen LogP contribution in [0.5, 0.6) is 0 Å². The van der Waals surface area contributed by atoms with Crippen LogP contribution in [0.3, 0.4) is 0 Å². The van der Waals surface area contributed by atoms with Gasteiger partial charge in [0.15, 0.2) is 0 Å². The summed E-state index contributed by atoms with van der Waals surface area (Å²) in [5, 5.41) is 6.15. The van der Waals surface area contributed by atoms with Gasteiger partial charge in [0.2, 0.25) is 5.91 Å². The van der Waals surface area contributed by atoms with Gasteiger partial charge in [0.05, 0.1) is 6.61 Å². The van der Waals surface area contributed by atoms with E-state index in [0.29, 0.717) is 19.6 Å². The molecule has 0 aromatic heterocycles. The normalized spacial score (nSPS) is 10.8. The fourth-order valence-electron chi connectivity index (χ4n) is 2.27. The Labute approximate surface area is 131 Å². The molecule has 0 fully saturated rings. The van der Waals surface area contributed by atoms with Crippen LogP contribution in [0, 0.1) is 0 Å². The summed E-state index contributed by atoms with van der Waals surface area (Å²) < 4.78 is 4.93. The van der Waals surface area contributed by atoms with Gasteiger partial charge >= 0.3 is 0 Å². The highest BCUT2D eigenvalue weighted by Gasteiger charge is 2.00. The van der Waals surface area contributed by atoms with Crippen LogP contribution in [0.25, 0.3) is 0 Å². The van der Waals surface area contributed by atoms with Crippen molar-refractivity contribution in [1.82, 2.24) is 10.6 Å². The Bertz CT molecular complexity index is 223. The Kier molecular flexibility index (Phi) is 16.9. The van der Waals surface area contributed by atoms with Gasteiger partial charge < -0.3 is 15.4 Å². The van der Waals surface area contributed by atoms with Crippen molar-refractivity contribution in [2.24, 2.45) is 0 Å². The van der Waals surface area contributed by atoms with Gasteiger partial charge in [-0.2, -0.15) is 0 Å². The van der Waals surface area contributed by atoms with Gasteiger partial charge in [-0.25, -0.2) is 0 Å². The Morgan fingerprint density at radius 2 is 1.48 bits per heavy atom. The van der Waals surface area contributed by atoms with Crippen LogP contribution in [0.1, 0.15) is 71.1 Å². The molecule has 4 heteroatoms. The number of rotatable bonds is 16. The van der Waals surface area contributed by atoms with Crippen molar-refractivity contribution in [3.63, 3.8) is 0 Å². The number of carbonyl (C=O) groups is 1. The van der Waals surface area contributed by atoms with Crippen LogP contribution in [-0.4, -0.2) is 39.3 Å². The summed E-state index contributed by atoms with van der Waals surface area (Å²) in [5.41, 5.74) is 0. The lowest BCUT2D eigenvalue weighted by Gasteiger charge is -2.06. The summed E-state index contributed by atoms with van der Waals surface area (Å²) >= 11 is 0. The van der Waals surface area contributed by atoms with Crippen LogP contribution < -0.4 is 10.6 Å². The Morgan fingerprint density at radius 1 is 0.857 bits per heavy atom. The first-order chi connectivity index (χ1) is 10.3. The number of ether oxygens (including phenoxy) is 1. The minimum Gasteiger partial charge on any atom is -0.383 e. The first kappa shape index (κ1) is 20.4. The third-order valence-electron chi connectivity index (χ3n) is 3.61. The van der Waals surface area contributed by atoms with E-state index in [2.05, 4.69) is 17.6 Å². The summed E-state index contributed by atoms with van der Waals surface area (Å²) in [4.78, 5) is 11.6. The molecule has 0 heterocycles. The number of hydrogen-bond donors (Lipinski definition) is 2. The summed E-state index contributed by atoms with van der Waals surface area (Å²) in [6, 6.07) is 0. The number of unbranched alkanes of at least 4 members (excludes halogenated alkanes) is 8. The Hall–Kier alpha value is -0.610. The predicted octanol–water partition coefficient (Wildman–Crippen LogP) is 3.26. The molecule has 21 heavy (non-hydrogen) atoms. The molecule has 1 amide bonds. The molecule has 0 radical (unpaired) electrons. The second-order valence-electron chi connectivity index (χ2n) is 5.67. The molecule has 0 aromatic rings. The summed E-state index contributed by atoms with van der Waals surface area (Å²) in [5.74, 6) is 0.187. The largest absolute Gasteiger partial charge is 0.383 e. The van der Waals surface area contributed by atoms with Crippen molar-refractivity contribution in [2.75, 3.05) is 33.4 Å². The molecule has 0 aliphatic rings. The van der Waals surface area contributed by atoms with Crippen LogP contribution in [0.4, 0.5) is 0 Å². The Balaban J connectivity index is 3.12. The molecule has 0 aliphatic carbocycles. The lowest BCUT2D eigenvalue weighted by molar-refractivity contribution is -0.121. The molecule has 0 aromatic carbocycles. The maximum absolute atomic E-state index is 11.6. The first-order valence-corrected chi connectivity index (χ1v) is 8.77. The second kappa shape index (κ2) is 17.4. The highest BCUT2D eigenvalue weighted by atomic mass is 16.5.